The van der Waals surface area contributed by atoms with Crippen LogP contribution in [-0.4, -0.2) is 42.7 Å². The normalized spacial score (nSPS) is 20.1. The van der Waals surface area contributed by atoms with Gasteiger partial charge in [-0.3, -0.25) is 9.69 Å². The SMILES string of the molecule is CC1CC(C)N1c1cc2c(c(CN)n1)CN(c1cccc(-c3nncn3C(C)C)n1)C2=O. The van der Waals surface area contributed by atoms with Gasteiger partial charge in [0.2, 0.25) is 0 Å². The van der Waals surface area contributed by atoms with Crippen molar-refractivity contribution < 1.29 is 4.79 Å². The summed E-state index contributed by atoms with van der Waals surface area (Å²) >= 11 is 0. The number of nitrogens with zero attached hydrogens (tertiary/aromatic N) is 7. The van der Waals surface area contributed by atoms with Crippen LogP contribution in [0.25, 0.3) is 11.5 Å². The molecular formula is C23H28N8O. The summed E-state index contributed by atoms with van der Waals surface area (Å²) in [5.41, 5.74) is 9.05. The molecule has 0 aromatic carbocycles. The second-order valence-corrected chi connectivity index (χ2v) is 8.93. The van der Waals surface area contributed by atoms with E-state index < -0.39 is 0 Å². The van der Waals surface area contributed by atoms with Gasteiger partial charge in [0, 0.05) is 30.2 Å². The molecule has 9 heteroatoms. The molecule has 1 fully saturated rings. The number of hydrogen-bond donors (Lipinski definition) is 1. The summed E-state index contributed by atoms with van der Waals surface area (Å²) in [5.74, 6) is 2.02. The van der Waals surface area contributed by atoms with Gasteiger partial charge < -0.3 is 15.2 Å². The number of pyridine rings is 2. The van der Waals surface area contributed by atoms with Crippen LogP contribution in [0.4, 0.5) is 11.6 Å². The van der Waals surface area contributed by atoms with Crippen LogP contribution in [0.15, 0.2) is 30.6 Å². The zero-order valence-corrected chi connectivity index (χ0v) is 18.9. The fourth-order valence-electron chi connectivity index (χ4n) is 4.81. The highest BCUT2D eigenvalue weighted by Crippen LogP contribution is 2.36. The first-order chi connectivity index (χ1) is 15.4. The standard InChI is InChI=1S/C23H28N8O/c1-13(2)30-12-25-28-22(30)18-6-5-7-20(26-18)29-11-17-16(23(29)32)9-21(27-19(17)10-24)31-14(3)8-15(31)4/h5-7,9,12-15H,8,10-11,24H2,1-4H3. The molecule has 2 atom stereocenters. The van der Waals surface area contributed by atoms with Gasteiger partial charge in [0.15, 0.2) is 5.82 Å². The smallest absolute Gasteiger partial charge is 0.260 e. The van der Waals surface area contributed by atoms with Gasteiger partial charge in [0.1, 0.15) is 23.7 Å². The molecule has 5 heterocycles. The fraction of sp³-hybridized carbons (Fsp3) is 0.435. The van der Waals surface area contributed by atoms with Gasteiger partial charge in [0.25, 0.3) is 5.91 Å². The first-order valence-electron chi connectivity index (χ1n) is 11.1. The quantitative estimate of drug-likeness (QED) is 0.661. The van der Waals surface area contributed by atoms with E-state index in [9.17, 15) is 4.79 Å². The molecule has 3 aromatic rings. The van der Waals surface area contributed by atoms with Crippen LogP contribution in [0.1, 0.15) is 61.8 Å². The van der Waals surface area contributed by atoms with Gasteiger partial charge >= 0.3 is 0 Å². The first-order valence-corrected chi connectivity index (χ1v) is 11.1. The number of fused-ring (bicyclic) bond motifs is 1. The van der Waals surface area contributed by atoms with E-state index in [1.807, 2.05) is 28.8 Å². The first kappa shape index (κ1) is 20.6. The zero-order valence-electron chi connectivity index (χ0n) is 18.9. The summed E-state index contributed by atoms with van der Waals surface area (Å²) in [7, 11) is 0. The van der Waals surface area contributed by atoms with Crippen molar-refractivity contribution in [3.05, 3.63) is 47.4 Å². The van der Waals surface area contributed by atoms with Gasteiger partial charge in [-0.25, -0.2) is 9.97 Å². The summed E-state index contributed by atoms with van der Waals surface area (Å²) < 4.78 is 1.96. The summed E-state index contributed by atoms with van der Waals surface area (Å²) in [6.45, 7) is 9.18. The lowest BCUT2D eigenvalue weighted by Crippen LogP contribution is -2.53. The van der Waals surface area contributed by atoms with E-state index >= 15 is 0 Å². The third-order valence-corrected chi connectivity index (χ3v) is 6.45. The molecule has 1 saturated heterocycles. The molecule has 2 N–H and O–H groups in total. The minimum absolute atomic E-state index is 0.0749. The molecule has 3 aromatic heterocycles. The maximum absolute atomic E-state index is 13.4. The van der Waals surface area contributed by atoms with Crippen LogP contribution in [0.3, 0.4) is 0 Å². The number of aromatic nitrogens is 5. The second kappa shape index (κ2) is 7.67. The third kappa shape index (κ3) is 3.15. The molecule has 0 aliphatic carbocycles. The number of rotatable bonds is 5. The predicted molar refractivity (Wildman–Crippen MR) is 122 cm³/mol. The molecule has 0 saturated carbocycles. The molecule has 0 radical (unpaired) electrons. The zero-order chi connectivity index (χ0) is 22.6. The Morgan fingerprint density at radius 2 is 1.94 bits per heavy atom. The molecule has 2 unspecified atom stereocenters. The van der Waals surface area contributed by atoms with Crippen LogP contribution < -0.4 is 15.5 Å². The van der Waals surface area contributed by atoms with Gasteiger partial charge in [-0.15, -0.1) is 10.2 Å². The fourth-order valence-corrected chi connectivity index (χ4v) is 4.81. The Bertz CT molecular complexity index is 1180. The van der Waals surface area contributed by atoms with Crippen LogP contribution in [0.5, 0.6) is 0 Å². The van der Waals surface area contributed by atoms with E-state index in [4.69, 9.17) is 15.7 Å². The molecule has 32 heavy (non-hydrogen) atoms. The number of anilines is 2. The molecule has 2 aliphatic rings. The van der Waals surface area contributed by atoms with Crippen LogP contribution in [0, 0.1) is 0 Å². The van der Waals surface area contributed by atoms with Gasteiger partial charge in [-0.1, -0.05) is 6.07 Å². The Morgan fingerprint density at radius 1 is 1.16 bits per heavy atom. The molecule has 2 aliphatic heterocycles. The average Bonchev–Trinajstić information content (AvgIpc) is 3.39. The van der Waals surface area contributed by atoms with E-state index in [-0.39, 0.29) is 11.9 Å². The van der Waals surface area contributed by atoms with Crippen LogP contribution in [0.2, 0.25) is 0 Å². The van der Waals surface area contributed by atoms with Crippen molar-refractivity contribution in [3.63, 3.8) is 0 Å². The van der Waals surface area contributed by atoms with Crippen molar-refractivity contribution >= 4 is 17.5 Å². The molecule has 9 nitrogen and oxygen atoms in total. The molecule has 5 rings (SSSR count). The van der Waals surface area contributed by atoms with E-state index in [0.717, 1.165) is 23.5 Å². The van der Waals surface area contributed by atoms with E-state index in [1.54, 1.807) is 11.2 Å². The lowest BCUT2D eigenvalue weighted by atomic mass is 9.95. The number of carbonyl (C=O) groups excluding carboxylic acids is 1. The lowest BCUT2D eigenvalue weighted by molar-refractivity contribution is 0.0996. The summed E-state index contributed by atoms with van der Waals surface area (Å²) in [6.07, 6.45) is 2.82. The topological polar surface area (TPSA) is 106 Å². The Labute approximate surface area is 187 Å². The number of carbonyl (C=O) groups is 1. The number of hydrogen-bond acceptors (Lipinski definition) is 7. The average molecular weight is 433 g/mol. The highest BCUT2D eigenvalue weighted by Gasteiger charge is 2.37. The van der Waals surface area contributed by atoms with Gasteiger partial charge in [-0.05, 0) is 52.3 Å². The van der Waals surface area contributed by atoms with E-state index in [0.29, 0.717) is 48.1 Å². The van der Waals surface area contributed by atoms with Crippen molar-refractivity contribution in [1.82, 2.24) is 24.7 Å². The van der Waals surface area contributed by atoms with Gasteiger partial charge in [0.05, 0.1) is 17.8 Å². The largest absolute Gasteiger partial charge is 0.351 e. The maximum atomic E-state index is 13.4. The molecule has 1 amide bonds. The third-order valence-electron chi connectivity index (χ3n) is 6.45. The van der Waals surface area contributed by atoms with Crippen molar-refractivity contribution in [2.75, 3.05) is 9.80 Å². The van der Waals surface area contributed by atoms with E-state index in [1.165, 1.54) is 0 Å². The molecule has 0 bridgehead atoms. The van der Waals surface area contributed by atoms with Crippen molar-refractivity contribution in [1.29, 1.82) is 0 Å². The second-order valence-electron chi connectivity index (χ2n) is 8.93. The minimum Gasteiger partial charge on any atom is -0.351 e. The van der Waals surface area contributed by atoms with E-state index in [2.05, 4.69) is 42.8 Å². The van der Waals surface area contributed by atoms with Crippen molar-refractivity contribution in [3.8, 4) is 11.5 Å². The van der Waals surface area contributed by atoms with Crippen LogP contribution >= 0.6 is 0 Å². The maximum Gasteiger partial charge on any atom is 0.260 e. The predicted octanol–water partition coefficient (Wildman–Crippen LogP) is 2.92. The molecule has 166 valence electrons. The Kier molecular flexibility index (Phi) is 4.93. The summed E-state index contributed by atoms with van der Waals surface area (Å²) in [4.78, 5) is 27.0. The number of amides is 1. The minimum atomic E-state index is -0.0749. The molecule has 0 spiro atoms. The summed E-state index contributed by atoms with van der Waals surface area (Å²) in [6, 6.07) is 8.56. The monoisotopic (exact) mass is 432 g/mol. The van der Waals surface area contributed by atoms with Crippen molar-refractivity contribution in [2.45, 2.75) is 65.3 Å². The number of nitrogens with two attached hydrogens (primary N) is 1. The van der Waals surface area contributed by atoms with Gasteiger partial charge in [-0.2, -0.15) is 0 Å². The summed E-state index contributed by atoms with van der Waals surface area (Å²) in [5, 5.41) is 8.27. The highest BCUT2D eigenvalue weighted by atomic mass is 16.2. The Morgan fingerprint density at radius 3 is 2.62 bits per heavy atom. The van der Waals surface area contributed by atoms with Crippen molar-refractivity contribution in [2.24, 2.45) is 5.73 Å². The highest BCUT2D eigenvalue weighted by molar-refractivity contribution is 6.10. The Balaban J connectivity index is 1.51. The van der Waals surface area contributed by atoms with Crippen LogP contribution in [-0.2, 0) is 13.1 Å². The molecular weight excluding hydrogens is 404 g/mol. The Hall–Kier alpha value is -3.33. The lowest BCUT2D eigenvalue weighted by Gasteiger charge is -2.46.